The van der Waals surface area contributed by atoms with Crippen LogP contribution in [0.15, 0.2) is 158 Å². The summed E-state index contributed by atoms with van der Waals surface area (Å²) in [4.78, 5) is 27.7. The summed E-state index contributed by atoms with van der Waals surface area (Å²) in [5, 5.41) is 0. The van der Waals surface area contributed by atoms with Gasteiger partial charge in [-0.1, -0.05) is 93.7 Å². The maximum absolute atomic E-state index is 12.3. The van der Waals surface area contributed by atoms with Crippen molar-refractivity contribution in [2.75, 3.05) is 30.1 Å². The summed E-state index contributed by atoms with van der Waals surface area (Å²) < 4.78 is 19.6. The van der Waals surface area contributed by atoms with E-state index < -0.39 is 12.3 Å². The number of carbonyl (C=O) groups excluding carboxylic acids is 2. The topological polar surface area (TPSA) is 77.5 Å². The molecule has 0 bridgehead atoms. The first-order chi connectivity index (χ1) is 24.5. The summed E-state index contributed by atoms with van der Waals surface area (Å²) >= 11 is 0. The maximum Gasteiger partial charge on any atom is 0.513 e. The molecule has 6 aromatic rings. The van der Waals surface area contributed by atoms with Gasteiger partial charge in [0.05, 0.1) is 7.11 Å². The lowest BCUT2D eigenvalue weighted by Crippen LogP contribution is -2.16. The first kappa shape index (κ1) is 38.3. The minimum Gasteiger partial charge on any atom is -0.438 e. The molecule has 52 heavy (non-hydrogen) atoms. The molecule has 0 unspecified atom stereocenters. The van der Waals surface area contributed by atoms with Crippen LogP contribution in [-0.2, 0) is 14.2 Å². The van der Waals surface area contributed by atoms with E-state index >= 15 is 0 Å². The average molecular weight is 697 g/mol. The molecule has 0 atom stereocenters. The lowest BCUT2D eigenvalue weighted by molar-refractivity contribution is 0.0413. The lowest BCUT2D eigenvalue weighted by Gasteiger charge is -2.26. The van der Waals surface area contributed by atoms with Crippen LogP contribution in [0.1, 0.15) is 20.4 Å². The van der Waals surface area contributed by atoms with E-state index in [0.717, 1.165) is 45.3 Å². The van der Waals surface area contributed by atoms with Crippen molar-refractivity contribution in [3.63, 3.8) is 0 Å². The standard InChI is InChI=1S/C42H36N2O6.2CH4/c1-31-11-9-16-38(29-31)43(34-12-5-3-6-13-34)36-23-19-32(20-24-36)33-21-25-37(26-22-33)44(35-14-7-4-8-15-35)39-17-10-18-40(30-39)50-42(46)49-28-27-48-41(45)47-2;;/h3-26,29-30H,27-28H2,1-2H3;2*1H4. The highest BCUT2D eigenvalue weighted by Gasteiger charge is 2.16. The SMILES string of the molecule is C.C.COC(=O)OCCOC(=O)Oc1cccc(N(c2ccccc2)c2ccc(-c3ccc(N(c4ccccc4)c4cccc(C)c4)cc3)cc2)c1. The number of hydrogen-bond donors (Lipinski definition) is 0. The van der Waals surface area contributed by atoms with Gasteiger partial charge in [-0.15, -0.1) is 0 Å². The molecule has 0 aliphatic heterocycles. The van der Waals surface area contributed by atoms with Crippen molar-refractivity contribution in [3.05, 3.63) is 163 Å². The Hall–Kier alpha value is -6.54. The molecule has 0 heterocycles. The van der Waals surface area contributed by atoms with Gasteiger partial charge < -0.3 is 28.7 Å². The summed E-state index contributed by atoms with van der Waals surface area (Å²) in [7, 11) is 1.20. The number of methoxy groups -OCH3 is 1. The molecule has 0 fully saturated rings. The van der Waals surface area contributed by atoms with Crippen molar-refractivity contribution in [2.24, 2.45) is 0 Å². The monoisotopic (exact) mass is 696 g/mol. The summed E-state index contributed by atoms with van der Waals surface area (Å²) in [6, 6.07) is 52.9. The van der Waals surface area contributed by atoms with Crippen LogP contribution in [-0.4, -0.2) is 32.6 Å². The first-order valence-electron chi connectivity index (χ1n) is 16.1. The second-order valence-electron chi connectivity index (χ2n) is 11.3. The summed E-state index contributed by atoms with van der Waals surface area (Å²) in [6.07, 6.45) is -1.77. The molecule has 0 aliphatic rings. The number of anilines is 6. The van der Waals surface area contributed by atoms with Crippen LogP contribution in [0.25, 0.3) is 11.1 Å². The highest BCUT2D eigenvalue weighted by Crippen LogP contribution is 2.38. The third-order valence-electron chi connectivity index (χ3n) is 7.84. The number of para-hydroxylation sites is 2. The third-order valence-corrected chi connectivity index (χ3v) is 7.84. The number of carbonyl (C=O) groups is 2. The molecule has 0 aliphatic carbocycles. The Balaban J connectivity index is 0.00000302. The number of nitrogens with zero attached hydrogens (tertiary/aromatic N) is 2. The Morgan fingerprint density at radius 3 is 1.38 bits per heavy atom. The molecule has 0 saturated carbocycles. The van der Waals surface area contributed by atoms with Crippen LogP contribution in [0.3, 0.4) is 0 Å². The number of aryl methyl sites for hydroxylation is 1. The highest BCUT2D eigenvalue weighted by atomic mass is 16.7. The van der Waals surface area contributed by atoms with Crippen LogP contribution in [0.5, 0.6) is 5.75 Å². The van der Waals surface area contributed by atoms with E-state index in [4.69, 9.17) is 14.2 Å². The molecular formula is C44H44N2O6. The Morgan fingerprint density at radius 2 is 0.904 bits per heavy atom. The van der Waals surface area contributed by atoms with Gasteiger partial charge in [0.2, 0.25) is 0 Å². The zero-order valence-electron chi connectivity index (χ0n) is 27.8. The third kappa shape index (κ3) is 9.57. The van der Waals surface area contributed by atoms with E-state index in [9.17, 15) is 9.59 Å². The molecule has 266 valence electrons. The van der Waals surface area contributed by atoms with Crippen molar-refractivity contribution in [2.45, 2.75) is 21.8 Å². The number of rotatable bonds is 11. The molecule has 8 nitrogen and oxygen atoms in total. The van der Waals surface area contributed by atoms with E-state index in [-0.39, 0.29) is 28.1 Å². The summed E-state index contributed by atoms with van der Waals surface area (Å²) in [5.41, 5.74) is 9.26. The van der Waals surface area contributed by atoms with Crippen molar-refractivity contribution < 1.29 is 28.5 Å². The van der Waals surface area contributed by atoms with Crippen LogP contribution in [0.4, 0.5) is 43.7 Å². The molecule has 0 spiro atoms. The zero-order valence-corrected chi connectivity index (χ0v) is 27.8. The fourth-order valence-corrected chi connectivity index (χ4v) is 5.54. The minimum atomic E-state index is -0.914. The lowest BCUT2D eigenvalue weighted by atomic mass is 10.0. The molecule has 0 radical (unpaired) electrons. The van der Waals surface area contributed by atoms with Gasteiger partial charge >= 0.3 is 12.3 Å². The molecule has 6 rings (SSSR count). The van der Waals surface area contributed by atoms with Gasteiger partial charge in [0.15, 0.2) is 0 Å². The molecular weight excluding hydrogens is 652 g/mol. The summed E-state index contributed by atoms with van der Waals surface area (Å²) in [5.74, 6) is 0.300. The normalized spacial score (nSPS) is 10.1. The van der Waals surface area contributed by atoms with Crippen LogP contribution < -0.4 is 14.5 Å². The minimum absolute atomic E-state index is 0. The number of benzene rings is 6. The fraction of sp³-hybridized carbons (Fsp3) is 0.136. The van der Waals surface area contributed by atoms with Gasteiger partial charge in [0.25, 0.3) is 0 Å². The number of hydrogen-bond acceptors (Lipinski definition) is 8. The van der Waals surface area contributed by atoms with Crippen molar-refractivity contribution >= 4 is 46.4 Å². The van der Waals surface area contributed by atoms with Gasteiger partial charge in [0, 0.05) is 40.2 Å². The Kier molecular flexibility index (Phi) is 13.6. The van der Waals surface area contributed by atoms with Gasteiger partial charge in [-0.3, -0.25) is 0 Å². The van der Waals surface area contributed by atoms with E-state index in [1.54, 1.807) is 18.2 Å². The van der Waals surface area contributed by atoms with Crippen molar-refractivity contribution in [1.82, 2.24) is 0 Å². The molecule has 0 N–H and O–H groups in total. The van der Waals surface area contributed by atoms with Crippen molar-refractivity contribution in [3.8, 4) is 16.9 Å². The second kappa shape index (κ2) is 18.5. The zero-order chi connectivity index (χ0) is 34.7. The van der Waals surface area contributed by atoms with Crippen LogP contribution >= 0.6 is 0 Å². The van der Waals surface area contributed by atoms with Gasteiger partial charge in [0.1, 0.15) is 19.0 Å². The Morgan fingerprint density at radius 1 is 0.481 bits per heavy atom. The van der Waals surface area contributed by atoms with Crippen molar-refractivity contribution in [1.29, 1.82) is 0 Å². The first-order valence-corrected chi connectivity index (χ1v) is 16.1. The number of ether oxygens (including phenoxy) is 4. The second-order valence-corrected chi connectivity index (χ2v) is 11.3. The van der Waals surface area contributed by atoms with Gasteiger partial charge in [-0.05, 0) is 96.4 Å². The Labute approximate surface area is 306 Å². The predicted octanol–water partition coefficient (Wildman–Crippen LogP) is 12.2. The summed E-state index contributed by atoms with van der Waals surface area (Å²) in [6.45, 7) is 1.79. The predicted molar refractivity (Wildman–Crippen MR) is 210 cm³/mol. The van der Waals surface area contributed by atoms with E-state index in [1.807, 2.05) is 42.5 Å². The van der Waals surface area contributed by atoms with E-state index in [0.29, 0.717) is 5.75 Å². The van der Waals surface area contributed by atoms with Gasteiger partial charge in [-0.25, -0.2) is 9.59 Å². The molecule has 0 aromatic heterocycles. The van der Waals surface area contributed by atoms with Crippen LogP contribution in [0, 0.1) is 6.92 Å². The molecule has 0 amide bonds. The van der Waals surface area contributed by atoms with E-state index in [1.165, 1.54) is 12.7 Å². The highest BCUT2D eigenvalue weighted by molar-refractivity contribution is 5.81. The average Bonchev–Trinajstić information content (AvgIpc) is 3.15. The quantitative estimate of drug-likeness (QED) is 0.0752. The molecule has 8 heteroatoms. The van der Waals surface area contributed by atoms with Gasteiger partial charge in [-0.2, -0.15) is 0 Å². The maximum atomic E-state index is 12.3. The molecule has 6 aromatic carbocycles. The van der Waals surface area contributed by atoms with E-state index in [2.05, 4.69) is 119 Å². The largest absolute Gasteiger partial charge is 0.513 e. The molecule has 0 saturated heterocycles. The fourth-order valence-electron chi connectivity index (χ4n) is 5.54. The Bertz CT molecular complexity index is 2020. The smallest absolute Gasteiger partial charge is 0.438 e. The van der Waals surface area contributed by atoms with Crippen LogP contribution in [0.2, 0.25) is 0 Å².